The average Bonchev–Trinajstić information content (AvgIpc) is 2.08. The Morgan fingerprint density at radius 2 is 2.23 bits per heavy atom. The number of hydrogen-bond donors (Lipinski definition) is 0. The van der Waals surface area contributed by atoms with Crippen molar-refractivity contribution in [2.75, 3.05) is 0 Å². The van der Waals surface area contributed by atoms with Crippen LogP contribution in [0, 0.1) is 13.7 Å². The Kier molecular flexibility index (Phi) is 3.41. The molecule has 3 nitrogen and oxygen atoms in total. The summed E-state index contributed by atoms with van der Waals surface area (Å²) in [6.07, 6.45) is 3.72. The third kappa shape index (κ3) is 2.27. The van der Waals surface area contributed by atoms with E-state index < -0.39 is 0 Å². The Labute approximate surface area is 89.8 Å². The molecule has 13 heavy (non-hydrogen) atoms. The van der Waals surface area contributed by atoms with Gasteiger partial charge in [0, 0.05) is 6.07 Å². The second-order valence-corrected chi connectivity index (χ2v) is 3.52. The van der Waals surface area contributed by atoms with Gasteiger partial charge in [-0.15, -0.1) is 0 Å². The highest BCUT2D eigenvalue weighted by atomic mass is 127. The van der Waals surface area contributed by atoms with Crippen molar-refractivity contribution < 1.29 is 4.92 Å². The summed E-state index contributed by atoms with van der Waals surface area (Å²) in [5.74, 6) is 0. The molecule has 0 atom stereocenters. The third-order valence-electron chi connectivity index (χ3n) is 1.55. The first-order chi connectivity index (χ1) is 6.16. The molecule has 0 aliphatic rings. The molecular formula is C9H8INO2. The Morgan fingerprint density at radius 3 is 2.77 bits per heavy atom. The molecule has 1 aromatic rings. The fourth-order valence-corrected chi connectivity index (χ4v) is 1.72. The van der Waals surface area contributed by atoms with Crippen LogP contribution in [-0.2, 0) is 0 Å². The van der Waals surface area contributed by atoms with Crippen molar-refractivity contribution >= 4 is 34.4 Å². The normalized spacial score (nSPS) is 10.6. The van der Waals surface area contributed by atoms with Crippen molar-refractivity contribution in [3.05, 3.63) is 43.5 Å². The van der Waals surface area contributed by atoms with Crippen LogP contribution < -0.4 is 0 Å². The molecule has 0 bridgehead atoms. The molecule has 0 unspecified atom stereocenters. The van der Waals surface area contributed by atoms with E-state index in [0.717, 1.165) is 5.56 Å². The van der Waals surface area contributed by atoms with Gasteiger partial charge in [-0.3, -0.25) is 10.1 Å². The average molecular weight is 289 g/mol. The van der Waals surface area contributed by atoms with Crippen LogP contribution in [0.1, 0.15) is 12.5 Å². The molecule has 1 aromatic carbocycles. The molecule has 0 spiro atoms. The van der Waals surface area contributed by atoms with Gasteiger partial charge in [0.05, 0.1) is 8.49 Å². The third-order valence-corrected chi connectivity index (χ3v) is 2.73. The zero-order valence-electron chi connectivity index (χ0n) is 7.03. The standard InChI is InChI=1S/C9H8INO2/c1-2-4-7-5-3-6-8(9(7)10)11(12)13/h2-6H,1H3. The minimum Gasteiger partial charge on any atom is -0.258 e. The first-order valence-corrected chi connectivity index (χ1v) is 4.80. The lowest BCUT2D eigenvalue weighted by Crippen LogP contribution is -1.92. The first kappa shape index (κ1) is 10.2. The van der Waals surface area contributed by atoms with Gasteiger partial charge in [0.15, 0.2) is 0 Å². The number of halogens is 1. The van der Waals surface area contributed by atoms with Gasteiger partial charge < -0.3 is 0 Å². The molecule has 0 heterocycles. The SMILES string of the molecule is CC=Cc1cccc([N+](=O)[O-])c1I. The van der Waals surface area contributed by atoms with E-state index in [1.54, 1.807) is 6.07 Å². The van der Waals surface area contributed by atoms with E-state index in [4.69, 9.17) is 0 Å². The van der Waals surface area contributed by atoms with Crippen molar-refractivity contribution in [1.82, 2.24) is 0 Å². The minimum absolute atomic E-state index is 0.163. The van der Waals surface area contributed by atoms with Gasteiger partial charge in [-0.2, -0.15) is 0 Å². The Bertz CT molecular complexity index is 361. The van der Waals surface area contributed by atoms with Gasteiger partial charge in [0.2, 0.25) is 0 Å². The van der Waals surface area contributed by atoms with Crippen molar-refractivity contribution in [2.45, 2.75) is 6.92 Å². The predicted molar refractivity (Wildman–Crippen MR) is 60.5 cm³/mol. The van der Waals surface area contributed by atoms with Gasteiger partial charge in [0.25, 0.3) is 5.69 Å². The number of rotatable bonds is 2. The van der Waals surface area contributed by atoms with Crippen molar-refractivity contribution in [1.29, 1.82) is 0 Å². The smallest absolute Gasteiger partial charge is 0.258 e. The highest BCUT2D eigenvalue weighted by molar-refractivity contribution is 14.1. The Morgan fingerprint density at radius 1 is 1.54 bits per heavy atom. The van der Waals surface area contributed by atoms with Gasteiger partial charge in [0.1, 0.15) is 0 Å². The first-order valence-electron chi connectivity index (χ1n) is 3.72. The predicted octanol–water partition coefficient (Wildman–Crippen LogP) is 3.23. The summed E-state index contributed by atoms with van der Waals surface area (Å²) in [4.78, 5) is 10.2. The van der Waals surface area contributed by atoms with Gasteiger partial charge in [-0.1, -0.05) is 24.3 Å². The lowest BCUT2D eigenvalue weighted by Gasteiger charge is -1.98. The second-order valence-electron chi connectivity index (χ2n) is 2.44. The molecular weight excluding hydrogens is 281 g/mol. The van der Waals surface area contributed by atoms with E-state index in [1.165, 1.54) is 6.07 Å². The maximum atomic E-state index is 10.6. The largest absolute Gasteiger partial charge is 0.283 e. The maximum Gasteiger partial charge on any atom is 0.283 e. The quantitative estimate of drug-likeness (QED) is 0.476. The number of nitro groups is 1. The van der Waals surface area contributed by atoms with Crippen LogP contribution in [0.3, 0.4) is 0 Å². The summed E-state index contributed by atoms with van der Waals surface area (Å²) in [7, 11) is 0. The molecule has 0 aliphatic heterocycles. The van der Waals surface area contributed by atoms with Crippen LogP contribution in [0.5, 0.6) is 0 Å². The summed E-state index contributed by atoms with van der Waals surface area (Å²) < 4.78 is 0.684. The van der Waals surface area contributed by atoms with Gasteiger partial charge in [-0.05, 0) is 35.1 Å². The lowest BCUT2D eigenvalue weighted by atomic mass is 10.2. The summed E-state index contributed by atoms with van der Waals surface area (Å²) in [5.41, 5.74) is 1.05. The highest BCUT2D eigenvalue weighted by Gasteiger charge is 2.12. The molecule has 0 fully saturated rings. The van der Waals surface area contributed by atoms with E-state index >= 15 is 0 Å². The molecule has 0 aliphatic carbocycles. The van der Waals surface area contributed by atoms with E-state index in [0.29, 0.717) is 3.57 Å². The Hall–Kier alpha value is -0.910. The Balaban J connectivity index is 3.26. The molecule has 0 radical (unpaired) electrons. The van der Waals surface area contributed by atoms with Crippen LogP contribution in [0.4, 0.5) is 5.69 Å². The molecule has 4 heteroatoms. The van der Waals surface area contributed by atoms with Gasteiger partial charge in [-0.25, -0.2) is 0 Å². The van der Waals surface area contributed by atoms with E-state index in [2.05, 4.69) is 0 Å². The fourth-order valence-electron chi connectivity index (χ4n) is 0.986. The molecule has 0 saturated carbocycles. The van der Waals surface area contributed by atoms with Crippen LogP contribution in [0.15, 0.2) is 24.3 Å². The molecule has 68 valence electrons. The number of nitro benzene ring substituents is 1. The molecule has 0 aromatic heterocycles. The van der Waals surface area contributed by atoms with Gasteiger partial charge >= 0.3 is 0 Å². The molecule has 0 N–H and O–H groups in total. The van der Waals surface area contributed by atoms with Crippen molar-refractivity contribution in [2.24, 2.45) is 0 Å². The van der Waals surface area contributed by atoms with Crippen LogP contribution in [0.2, 0.25) is 0 Å². The number of hydrogen-bond acceptors (Lipinski definition) is 2. The number of allylic oxidation sites excluding steroid dienone is 1. The molecule has 0 amide bonds. The molecule has 0 saturated heterocycles. The summed E-state index contributed by atoms with van der Waals surface area (Å²) >= 11 is 1.99. The zero-order chi connectivity index (χ0) is 9.84. The highest BCUT2D eigenvalue weighted by Crippen LogP contribution is 2.24. The number of nitrogens with zero attached hydrogens (tertiary/aromatic N) is 1. The minimum atomic E-state index is -0.366. The van der Waals surface area contributed by atoms with Crippen LogP contribution in [0.25, 0.3) is 6.08 Å². The van der Waals surface area contributed by atoms with E-state index in [1.807, 2.05) is 47.7 Å². The summed E-state index contributed by atoms with van der Waals surface area (Å²) in [5, 5.41) is 10.6. The van der Waals surface area contributed by atoms with Crippen molar-refractivity contribution in [3.63, 3.8) is 0 Å². The van der Waals surface area contributed by atoms with E-state index in [9.17, 15) is 10.1 Å². The van der Waals surface area contributed by atoms with Crippen molar-refractivity contribution in [3.8, 4) is 0 Å². The fraction of sp³-hybridized carbons (Fsp3) is 0.111. The summed E-state index contributed by atoms with van der Waals surface area (Å²) in [6.45, 7) is 1.88. The number of benzene rings is 1. The summed E-state index contributed by atoms with van der Waals surface area (Å²) in [6, 6.07) is 5.05. The maximum absolute atomic E-state index is 10.6. The zero-order valence-corrected chi connectivity index (χ0v) is 9.19. The molecule has 1 rings (SSSR count). The van der Waals surface area contributed by atoms with Crippen LogP contribution in [-0.4, -0.2) is 4.92 Å². The second kappa shape index (κ2) is 4.36. The van der Waals surface area contributed by atoms with Crippen LogP contribution >= 0.6 is 22.6 Å². The topological polar surface area (TPSA) is 43.1 Å². The lowest BCUT2D eigenvalue weighted by molar-refractivity contribution is -0.385. The van der Waals surface area contributed by atoms with E-state index in [-0.39, 0.29) is 10.6 Å². The monoisotopic (exact) mass is 289 g/mol.